The normalized spacial score (nSPS) is 20.2. The van der Waals surface area contributed by atoms with Crippen molar-refractivity contribution in [3.05, 3.63) is 89.9 Å². The van der Waals surface area contributed by atoms with Gasteiger partial charge in [0.1, 0.15) is 6.04 Å². The number of rotatable bonds is 4. The van der Waals surface area contributed by atoms with Gasteiger partial charge in [0, 0.05) is 50.3 Å². The Hall–Kier alpha value is -4.11. The van der Waals surface area contributed by atoms with Gasteiger partial charge >= 0.3 is 0 Å². The predicted octanol–water partition coefficient (Wildman–Crippen LogP) is 2.90. The average molecular weight is 538 g/mol. The number of hydrogen-bond donors (Lipinski definition) is 2. The number of carbonyl (C=O) groups is 2. The zero-order chi connectivity index (χ0) is 27.4. The Bertz CT molecular complexity index is 1480. The molecule has 6 rings (SSSR count). The zero-order valence-electron chi connectivity index (χ0n) is 22.6. The lowest BCUT2D eigenvalue weighted by Crippen LogP contribution is -2.56. The first kappa shape index (κ1) is 26.1. The van der Waals surface area contributed by atoms with Crippen LogP contribution in [0.4, 0.5) is 0 Å². The number of nitrogens with zero attached hydrogens (tertiary/aromatic N) is 5. The topological polar surface area (TPSA) is 105 Å². The largest absolute Gasteiger partial charge is 0.354 e. The van der Waals surface area contributed by atoms with Crippen LogP contribution in [0, 0.1) is 5.41 Å². The lowest BCUT2D eigenvalue weighted by atomic mass is 9.73. The smallest absolute Gasteiger partial charge is 0.242 e. The number of amides is 2. The quantitative estimate of drug-likeness (QED) is 0.415. The minimum atomic E-state index is -0.659. The SMILES string of the molecule is O=C1NCCCn2cc(nn2)CC2(CCN(Cc3ccc4ncccc4c3)CC2)C(=O)N[C@H]1Cc1ccccc1. The van der Waals surface area contributed by atoms with Gasteiger partial charge in [0.15, 0.2) is 0 Å². The lowest BCUT2D eigenvalue weighted by molar-refractivity contribution is -0.137. The number of pyridine rings is 1. The minimum Gasteiger partial charge on any atom is -0.354 e. The van der Waals surface area contributed by atoms with Gasteiger partial charge in [-0.1, -0.05) is 47.7 Å². The fourth-order valence-corrected chi connectivity index (χ4v) is 5.93. The number of benzene rings is 2. The summed E-state index contributed by atoms with van der Waals surface area (Å²) in [5, 5.41) is 16.0. The number of likely N-dealkylation sites (tertiary alicyclic amines) is 1. The Morgan fingerprint density at radius 1 is 0.950 bits per heavy atom. The van der Waals surface area contributed by atoms with E-state index in [2.05, 4.69) is 55.1 Å². The first-order chi connectivity index (χ1) is 19.6. The van der Waals surface area contributed by atoms with Crippen LogP contribution in [0.3, 0.4) is 0 Å². The van der Waals surface area contributed by atoms with E-state index < -0.39 is 11.5 Å². The second kappa shape index (κ2) is 11.6. The van der Waals surface area contributed by atoms with E-state index in [1.807, 2.05) is 53.5 Å². The summed E-state index contributed by atoms with van der Waals surface area (Å²) in [5.74, 6) is -0.220. The second-order valence-electron chi connectivity index (χ2n) is 11.1. The van der Waals surface area contributed by atoms with Crippen LogP contribution in [0.15, 0.2) is 73.1 Å². The van der Waals surface area contributed by atoms with E-state index in [0.717, 1.165) is 48.2 Å². The fourth-order valence-electron chi connectivity index (χ4n) is 5.93. The van der Waals surface area contributed by atoms with Gasteiger partial charge in [-0.2, -0.15) is 0 Å². The third-order valence-corrected chi connectivity index (χ3v) is 8.24. The zero-order valence-corrected chi connectivity index (χ0v) is 22.6. The van der Waals surface area contributed by atoms with E-state index in [-0.39, 0.29) is 11.8 Å². The molecule has 206 valence electrons. The molecule has 4 heterocycles. The van der Waals surface area contributed by atoms with Crippen molar-refractivity contribution >= 4 is 22.7 Å². The van der Waals surface area contributed by atoms with Gasteiger partial charge in [-0.15, -0.1) is 5.10 Å². The monoisotopic (exact) mass is 537 g/mol. The summed E-state index contributed by atoms with van der Waals surface area (Å²) in [6, 6.07) is 19.7. The first-order valence-electron chi connectivity index (χ1n) is 14.1. The molecule has 0 aliphatic carbocycles. The molecule has 40 heavy (non-hydrogen) atoms. The molecule has 9 heteroatoms. The van der Waals surface area contributed by atoms with E-state index in [1.54, 1.807) is 0 Å². The van der Waals surface area contributed by atoms with Crippen LogP contribution in [0.25, 0.3) is 10.9 Å². The number of aryl methyl sites for hydroxylation is 1. The Morgan fingerprint density at radius 2 is 1.80 bits per heavy atom. The number of piperidine rings is 1. The van der Waals surface area contributed by atoms with Crippen LogP contribution in [0.1, 0.15) is 36.1 Å². The summed E-state index contributed by atoms with van der Waals surface area (Å²) in [6.07, 6.45) is 6.83. The highest BCUT2D eigenvalue weighted by Crippen LogP contribution is 2.36. The van der Waals surface area contributed by atoms with Gasteiger partial charge in [-0.05, 0) is 61.7 Å². The van der Waals surface area contributed by atoms with Gasteiger partial charge in [0.05, 0.1) is 16.6 Å². The molecule has 4 aromatic rings. The molecule has 1 fully saturated rings. The van der Waals surface area contributed by atoms with Crippen molar-refractivity contribution in [3.63, 3.8) is 0 Å². The molecule has 2 aliphatic heterocycles. The average Bonchev–Trinajstić information content (AvgIpc) is 3.43. The second-order valence-corrected chi connectivity index (χ2v) is 11.1. The molecule has 2 amide bonds. The van der Waals surface area contributed by atoms with E-state index in [9.17, 15) is 9.59 Å². The molecule has 2 aliphatic rings. The minimum absolute atomic E-state index is 0.0752. The number of hydrogen-bond acceptors (Lipinski definition) is 6. The van der Waals surface area contributed by atoms with Crippen LogP contribution < -0.4 is 10.6 Å². The molecule has 0 saturated carbocycles. The fraction of sp³-hybridized carbons (Fsp3) is 0.387. The highest BCUT2D eigenvalue weighted by atomic mass is 16.2. The molecule has 1 saturated heterocycles. The molecule has 1 spiro atoms. The van der Waals surface area contributed by atoms with Gasteiger partial charge in [-0.25, -0.2) is 0 Å². The van der Waals surface area contributed by atoms with Crippen LogP contribution in [-0.2, 0) is 35.5 Å². The Labute approximate surface area is 234 Å². The molecular formula is C31H35N7O2. The maximum Gasteiger partial charge on any atom is 0.242 e. The van der Waals surface area contributed by atoms with E-state index in [4.69, 9.17) is 0 Å². The molecule has 2 aromatic carbocycles. The maximum absolute atomic E-state index is 14.1. The third kappa shape index (κ3) is 5.89. The molecule has 2 bridgehead atoms. The Kier molecular flexibility index (Phi) is 7.55. The van der Waals surface area contributed by atoms with Crippen molar-refractivity contribution in [2.75, 3.05) is 19.6 Å². The number of nitrogens with one attached hydrogen (secondary N) is 2. The summed E-state index contributed by atoms with van der Waals surface area (Å²) in [4.78, 5) is 34.2. The molecule has 1 atom stereocenters. The lowest BCUT2D eigenvalue weighted by Gasteiger charge is -2.41. The van der Waals surface area contributed by atoms with E-state index in [1.165, 1.54) is 5.56 Å². The van der Waals surface area contributed by atoms with Crippen LogP contribution >= 0.6 is 0 Å². The Balaban J connectivity index is 1.22. The van der Waals surface area contributed by atoms with Crippen molar-refractivity contribution in [2.24, 2.45) is 5.41 Å². The highest BCUT2D eigenvalue weighted by Gasteiger charge is 2.43. The molecule has 2 aromatic heterocycles. The summed E-state index contributed by atoms with van der Waals surface area (Å²) < 4.78 is 1.82. The first-order valence-corrected chi connectivity index (χ1v) is 14.1. The highest BCUT2D eigenvalue weighted by molar-refractivity contribution is 5.90. The van der Waals surface area contributed by atoms with Gasteiger partial charge < -0.3 is 10.6 Å². The standard InChI is InChI=1S/C31H35N7O2/c39-29-28(19-23-6-2-1-3-7-23)34-30(40)31(20-26-22-38(36-35-26)15-5-14-33-29)11-16-37(17-12-31)21-24-9-10-27-25(18-24)8-4-13-32-27/h1-4,6-10,13,18,22,28H,5,11-12,14-17,19-21H2,(H,33,39)(H,34,40)/t28-/m0/s1. The summed E-state index contributed by atoms with van der Waals surface area (Å²) >= 11 is 0. The molecule has 0 radical (unpaired) electrons. The van der Waals surface area contributed by atoms with Crippen LogP contribution in [0.5, 0.6) is 0 Å². The number of fused-ring (bicyclic) bond motifs is 3. The summed E-state index contributed by atoms with van der Waals surface area (Å²) in [6.45, 7) is 3.56. The van der Waals surface area contributed by atoms with Crippen molar-refractivity contribution in [1.82, 2.24) is 35.5 Å². The predicted molar refractivity (Wildman–Crippen MR) is 152 cm³/mol. The van der Waals surface area contributed by atoms with Crippen molar-refractivity contribution < 1.29 is 9.59 Å². The molecule has 9 nitrogen and oxygen atoms in total. The maximum atomic E-state index is 14.1. The molecule has 2 N–H and O–H groups in total. The van der Waals surface area contributed by atoms with Crippen LogP contribution in [0.2, 0.25) is 0 Å². The van der Waals surface area contributed by atoms with Crippen molar-refractivity contribution in [2.45, 2.75) is 51.2 Å². The van der Waals surface area contributed by atoms with Gasteiger partial charge in [-0.3, -0.25) is 24.2 Å². The van der Waals surface area contributed by atoms with Crippen LogP contribution in [-0.4, -0.2) is 62.4 Å². The molecule has 0 unspecified atom stereocenters. The van der Waals surface area contributed by atoms with Gasteiger partial charge in [0.2, 0.25) is 11.8 Å². The number of carbonyl (C=O) groups excluding carboxylic acids is 2. The third-order valence-electron chi connectivity index (χ3n) is 8.24. The van der Waals surface area contributed by atoms with E-state index >= 15 is 0 Å². The summed E-state index contributed by atoms with van der Waals surface area (Å²) in [5.41, 5.74) is 3.41. The van der Waals surface area contributed by atoms with Gasteiger partial charge in [0.25, 0.3) is 0 Å². The summed E-state index contributed by atoms with van der Waals surface area (Å²) in [7, 11) is 0. The Morgan fingerprint density at radius 3 is 2.65 bits per heavy atom. The van der Waals surface area contributed by atoms with E-state index in [0.29, 0.717) is 38.8 Å². The van der Waals surface area contributed by atoms with Crippen molar-refractivity contribution in [3.8, 4) is 0 Å². The number of aromatic nitrogens is 4. The molecular weight excluding hydrogens is 502 g/mol. The van der Waals surface area contributed by atoms with Crippen molar-refractivity contribution in [1.29, 1.82) is 0 Å².